The first-order chi connectivity index (χ1) is 13.7. The van der Waals surface area contributed by atoms with E-state index in [1.807, 2.05) is 60.7 Å². The molecule has 0 fully saturated rings. The lowest BCUT2D eigenvalue weighted by molar-refractivity contribution is -0.137. The van der Waals surface area contributed by atoms with Crippen molar-refractivity contribution in [1.82, 2.24) is 0 Å². The zero-order chi connectivity index (χ0) is 20.0. The fourth-order valence-corrected chi connectivity index (χ4v) is 2.52. The minimum atomic E-state index is -0.362. The van der Waals surface area contributed by atoms with Crippen molar-refractivity contribution >= 4 is 18.1 Å². The molecule has 2 rings (SSSR count). The van der Waals surface area contributed by atoms with Crippen molar-refractivity contribution < 1.29 is 14.3 Å². The zero-order valence-electron chi connectivity index (χ0n) is 16.0. The number of carbonyl (C=O) groups is 1. The molecule has 0 heterocycles. The summed E-state index contributed by atoms with van der Waals surface area (Å²) in [7, 11) is 0. The molecular formula is C24H25NO3. The molecule has 0 aromatic heterocycles. The average molecular weight is 375 g/mol. The quantitative estimate of drug-likeness (QED) is 0.228. The second-order valence-corrected chi connectivity index (χ2v) is 6.27. The molecule has 0 aliphatic carbocycles. The molecule has 4 heteroatoms. The number of rotatable bonds is 11. The molecule has 0 radical (unpaired) electrons. The normalized spacial score (nSPS) is 10.4. The summed E-state index contributed by atoms with van der Waals surface area (Å²) in [6.07, 6.45) is 9.11. The summed E-state index contributed by atoms with van der Waals surface area (Å²) in [6.45, 7) is 4.48. The number of nitrogens with zero attached hydrogens (tertiary/aromatic N) is 1. The summed E-state index contributed by atoms with van der Waals surface area (Å²) < 4.78 is 10.7. The topological polar surface area (TPSA) is 59.3 Å². The predicted octanol–water partition coefficient (Wildman–Crippen LogP) is 5.40. The van der Waals surface area contributed by atoms with Gasteiger partial charge < -0.3 is 9.47 Å². The van der Waals surface area contributed by atoms with Crippen LogP contribution in [0.25, 0.3) is 12.2 Å². The highest BCUT2D eigenvalue weighted by Crippen LogP contribution is 2.15. The Labute approximate surface area is 166 Å². The maximum atomic E-state index is 10.9. The predicted molar refractivity (Wildman–Crippen MR) is 112 cm³/mol. The van der Waals surface area contributed by atoms with Crippen LogP contribution in [0.15, 0.2) is 61.2 Å². The van der Waals surface area contributed by atoms with Gasteiger partial charge in [-0.2, -0.15) is 5.26 Å². The van der Waals surface area contributed by atoms with E-state index in [-0.39, 0.29) is 5.97 Å². The van der Waals surface area contributed by atoms with Gasteiger partial charge in [-0.1, -0.05) is 43.0 Å². The van der Waals surface area contributed by atoms with Gasteiger partial charge in [-0.25, -0.2) is 4.79 Å². The third-order valence-electron chi connectivity index (χ3n) is 4.11. The van der Waals surface area contributed by atoms with E-state index in [1.165, 1.54) is 6.08 Å². The first kappa shape index (κ1) is 21.0. The molecule has 2 aromatic carbocycles. The van der Waals surface area contributed by atoms with Crippen molar-refractivity contribution in [3.63, 3.8) is 0 Å². The van der Waals surface area contributed by atoms with Gasteiger partial charge in [0, 0.05) is 6.08 Å². The van der Waals surface area contributed by atoms with Crippen molar-refractivity contribution in [2.45, 2.75) is 25.7 Å². The van der Waals surface area contributed by atoms with Gasteiger partial charge in [0.25, 0.3) is 0 Å². The monoisotopic (exact) mass is 375 g/mol. The standard InChI is InChI=1S/C24H25NO3/c1-2-24(26)28-18-6-4-3-5-17-27-23-15-13-21(14-16-23)8-7-20-9-11-22(19-25)12-10-20/h2,7-16H,1,3-6,17-18H2. The molecule has 0 aliphatic heterocycles. The van der Waals surface area contributed by atoms with Gasteiger partial charge in [-0.15, -0.1) is 0 Å². The average Bonchev–Trinajstić information content (AvgIpc) is 2.75. The maximum absolute atomic E-state index is 10.9. The fraction of sp³-hybridized carbons (Fsp3) is 0.250. The van der Waals surface area contributed by atoms with E-state index < -0.39 is 0 Å². The number of nitriles is 1. The van der Waals surface area contributed by atoms with Crippen molar-refractivity contribution in [3.05, 3.63) is 77.9 Å². The second kappa shape index (κ2) is 12.1. The van der Waals surface area contributed by atoms with Crippen molar-refractivity contribution in [1.29, 1.82) is 5.26 Å². The van der Waals surface area contributed by atoms with Gasteiger partial charge in [0.1, 0.15) is 5.75 Å². The van der Waals surface area contributed by atoms with Gasteiger partial charge in [-0.3, -0.25) is 0 Å². The second-order valence-electron chi connectivity index (χ2n) is 6.27. The van der Waals surface area contributed by atoms with Crippen LogP contribution in [0.1, 0.15) is 42.4 Å². The van der Waals surface area contributed by atoms with Crippen molar-refractivity contribution in [2.24, 2.45) is 0 Å². The van der Waals surface area contributed by atoms with Gasteiger partial charge in [-0.05, 0) is 61.1 Å². The van der Waals surface area contributed by atoms with Gasteiger partial charge >= 0.3 is 5.97 Å². The summed E-state index contributed by atoms with van der Waals surface area (Å²) in [4.78, 5) is 10.9. The lowest BCUT2D eigenvalue weighted by Crippen LogP contribution is -2.02. The summed E-state index contributed by atoms with van der Waals surface area (Å²) in [6, 6.07) is 17.6. The number of carbonyl (C=O) groups excluding carboxylic acids is 1. The molecule has 28 heavy (non-hydrogen) atoms. The Balaban J connectivity index is 1.64. The maximum Gasteiger partial charge on any atom is 0.330 e. The molecule has 4 nitrogen and oxygen atoms in total. The molecule has 0 atom stereocenters. The largest absolute Gasteiger partial charge is 0.494 e. The van der Waals surface area contributed by atoms with E-state index in [9.17, 15) is 4.79 Å². The highest BCUT2D eigenvalue weighted by atomic mass is 16.5. The fourth-order valence-electron chi connectivity index (χ4n) is 2.52. The highest BCUT2D eigenvalue weighted by Gasteiger charge is 1.97. The summed E-state index contributed by atoms with van der Waals surface area (Å²) in [5.74, 6) is 0.494. The van der Waals surface area contributed by atoms with Crippen LogP contribution in [0.3, 0.4) is 0 Å². The van der Waals surface area contributed by atoms with E-state index in [1.54, 1.807) is 0 Å². The third-order valence-corrected chi connectivity index (χ3v) is 4.11. The lowest BCUT2D eigenvalue weighted by atomic mass is 10.1. The molecule has 2 aromatic rings. The van der Waals surface area contributed by atoms with Crippen LogP contribution in [0.5, 0.6) is 5.75 Å². The van der Waals surface area contributed by atoms with Crippen molar-refractivity contribution in [3.8, 4) is 11.8 Å². The summed E-state index contributed by atoms with van der Waals surface area (Å²) in [5, 5.41) is 8.82. The van der Waals surface area contributed by atoms with Crippen LogP contribution in [-0.2, 0) is 9.53 Å². The molecule has 0 aliphatic rings. The van der Waals surface area contributed by atoms with Crippen LogP contribution >= 0.6 is 0 Å². The number of esters is 1. The Morgan fingerprint density at radius 1 is 0.893 bits per heavy atom. The van der Waals surface area contributed by atoms with E-state index in [0.29, 0.717) is 18.8 Å². The van der Waals surface area contributed by atoms with E-state index >= 15 is 0 Å². The molecule has 0 saturated heterocycles. The Morgan fingerprint density at radius 2 is 1.46 bits per heavy atom. The molecule has 0 N–H and O–H groups in total. The molecular weight excluding hydrogens is 350 g/mol. The molecule has 0 bridgehead atoms. The minimum Gasteiger partial charge on any atom is -0.494 e. The van der Waals surface area contributed by atoms with Crippen LogP contribution < -0.4 is 4.74 Å². The zero-order valence-corrected chi connectivity index (χ0v) is 16.0. The summed E-state index contributed by atoms with van der Waals surface area (Å²) in [5.41, 5.74) is 2.80. The van der Waals surface area contributed by atoms with E-state index in [2.05, 4.69) is 12.6 Å². The van der Waals surface area contributed by atoms with Crippen LogP contribution in [-0.4, -0.2) is 19.2 Å². The molecule has 0 unspecified atom stereocenters. The lowest BCUT2D eigenvalue weighted by Gasteiger charge is -2.06. The number of unbranched alkanes of at least 4 members (excludes halogenated alkanes) is 3. The third kappa shape index (κ3) is 7.92. The van der Waals surface area contributed by atoms with Crippen LogP contribution in [0.2, 0.25) is 0 Å². The smallest absolute Gasteiger partial charge is 0.330 e. The summed E-state index contributed by atoms with van der Waals surface area (Å²) >= 11 is 0. The Bertz CT molecular complexity index is 814. The SMILES string of the molecule is C=CC(=O)OCCCCCCOc1ccc(C=Cc2ccc(C#N)cc2)cc1. The Hall–Kier alpha value is -3.32. The Morgan fingerprint density at radius 3 is 2.04 bits per heavy atom. The number of hydrogen-bond acceptors (Lipinski definition) is 4. The molecule has 0 amide bonds. The molecule has 0 spiro atoms. The molecule has 0 saturated carbocycles. The van der Waals surface area contributed by atoms with Gasteiger partial charge in [0.05, 0.1) is 24.8 Å². The van der Waals surface area contributed by atoms with Crippen molar-refractivity contribution in [2.75, 3.05) is 13.2 Å². The number of benzene rings is 2. The first-order valence-electron chi connectivity index (χ1n) is 9.41. The van der Waals surface area contributed by atoms with Gasteiger partial charge in [0.2, 0.25) is 0 Å². The van der Waals surface area contributed by atoms with Crippen LogP contribution in [0.4, 0.5) is 0 Å². The number of hydrogen-bond donors (Lipinski definition) is 0. The first-order valence-corrected chi connectivity index (χ1v) is 9.41. The molecule has 144 valence electrons. The highest BCUT2D eigenvalue weighted by molar-refractivity contribution is 5.81. The minimum absolute atomic E-state index is 0.362. The number of ether oxygens (including phenoxy) is 2. The van der Waals surface area contributed by atoms with Crippen LogP contribution in [0, 0.1) is 11.3 Å². The van der Waals surface area contributed by atoms with E-state index in [0.717, 1.165) is 42.6 Å². The van der Waals surface area contributed by atoms with Gasteiger partial charge in [0.15, 0.2) is 0 Å². The Kier molecular flexibility index (Phi) is 9.10. The van der Waals surface area contributed by atoms with E-state index in [4.69, 9.17) is 14.7 Å².